The van der Waals surface area contributed by atoms with E-state index in [4.69, 9.17) is 9.47 Å². The van der Waals surface area contributed by atoms with Crippen LogP contribution in [0.3, 0.4) is 0 Å². The van der Waals surface area contributed by atoms with E-state index in [9.17, 15) is 17.6 Å². The van der Waals surface area contributed by atoms with Crippen LogP contribution in [-0.2, 0) is 0 Å². The molecule has 4 rings (SSSR count). The third kappa shape index (κ3) is 21.1. The molecule has 4 aromatic rings. The highest BCUT2D eigenvalue weighted by molar-refractivity contribution is 5.71. The first-order valence-electron chi connectivity index (χ1n) is 19.8. The molecule has 0 aliphatic rings. The average Bonchev–Trinajstić information content (AvgIpc) is 3.19. The van der Waals surface area contributed by atoms with Crippen LogP contribution in [0.4, 0.5) is 17.6 Å². The fourth-order valence-corrected chi connectivity index (χ4v) is 5.58. The lowest BCUT2D eigenvalue weighted by Gasteiger charge is -2.06. The molecule has 0 heterocycles. The first-order chi connectivity index (χ1) is 26.8. The lowest BCUT2D eigenvalue weighted by molar-refractivity contribution is -0.0505. The van der Waals surface area contributed by atoms with Crippen LogP contribution in [0.15, 0.2) is 97.1 Å². The standard InChI is InChI=1S/C24H30F2O2.C23H28F2O2/c1-2-3-4-5-6-7-8-19-27-22-15-11-20(12-16-22)9-10-21-13-17-23(18-14-21)28-24(25)26;1-2-3-4-5-6-7-18-26-21-14-10-19(11-15-21)8-9-20-12-16-22(17-13-20)27-23(24)25/h9-18,24H,2-8,19H2,1H3;8-17,23H,2-7,18H2,1H3. The zero-order valence-corrected chi connectivity index (χ0v) is 32.5. The second kappa shape index (κ2) is 27.8. The largest absolute Gasteiger partial charge is 0.494 e. The van der Waals surface area contributed by atoms with Gasteiger partial charge < -0.3 is 18.9 Å². The van der Waals surface area contributed by atoms with Crippen molar-refractivity contribution in [2.45, 2.75) is 111 Å². The zero-order valence-electron chi connectivity index (χ0n) is 32.5. The Morgan fingerprint density at radius 2 is 0.618 bits per heavy atom. The van der Waals surface area contributed by atoms with Gasteiger partial charge in [-0.15, -0.1) is 0 Å². The van der Waals surface area contributed by atoms with Gasteiger partial charge in [-0.2, -0.15) is 17.6 Å². The summed E-state index contributed by atoms with van der Waals surface area (Å²) in [5.41, 5.74) is 3.94. The Morgan fingerprint density at radius 1 is 0.364 bits per heavy atom. The molecule has 0 N–H and O–H groups in total. The molecule has 0 fully saturated rings. The van der Waals surface area contributed by atoms with Crippen molar-refractivity contribution in [3.05, 3.63) is 119 Å². The molecule has 0 radical (unpaired) electrons. The van der Waals surface area contributed by atoms with Crippen LogP contribution in [0.5, 0.6) is 23.0 Å². The molecule has 4 aromatic carbocycles. The van der Waals surface area contributed by atoms with Crippen LogP contribution in [0, 0.1) is 0 Å². The van der Waals surface area contributed by atoms with Crippen molar-refractivity contribution in [1.82, 2.24) is 0 Å². The molecule has 298 valence electrons. The maximum atomic E-state index is 12.1. The van der Waals surface area contributed by atoms with E-state index in [1.54, 1.807) is 24.3 Å². The van der Waals surface area contributed by atoms with Crippen LogP contribution in [-0.4, -0.2) is 26.4 Å². The van der Waals surface area contributed by atoms with E-state index in [0.29, 0.717) is 0 Å². The number of ether oxygens (including phenoxy) is 4. The van der Waals surface area contributed by atoms with E-state index in [0.717, 1.165) is 59.8 Å². The first-order valence-corrected chi connectivity index (χ1v) is 19.8. The summed E-state index contributed by atoms with van der Waals surface area (Å²) in [6.07, 6.45) is 24.3. The van der Waals surface area contributed by atoms with Crippen molar-refractivity contribution in [3.63, 3.8) is 0 Å². The quantitative estimate of drug-likeness (QED) is 0.0383. The summed E-state index contributed by atoms with van der Waals surface area (Å²) in [7, 11) is 0. The topological polar surface area (TPSA) is 36.9 Å². The van der Waals surface area contributed by atoms with Gasteiger partial charge in [0.25, 0.3) is 0 Å². The Bertz CT molecular complexity index is 1590. The minimum atomic E-state index is -2.80. The molecule has 0 unspecified atom stereocenters. The second-order valence-corrected chi connectivity index (χ2v) is 13.3. The number of unbranched alkanes of at least 4 members (excludes halogenated alkanes) is 11. The molecule has 0 aliphatic heterocycles. The van der Waals surface area contributed by atoms with Crippen molar-refractivity contribution in [3.8, 4) is 23.0 Å². The van der Waals surface area contributed by atoms with Crippen LogP contribution in [0.1, 0.15) is 120 Å². The van der Waals surface area contributed by atoms with Crippen LogP contribution in [0.25, 0.3) is 24.3 Å². The predicted molar refractivity (Wildman–Crippen MR) is 219 cm³/mol. The molecule has 0 spiro atoms. The number of hydrogen-bond donors (Lipinski definition) is 0. The van der Waals surface area contributed by atoms with Crippen LogP contribution < -0.4 is 18.9 Å². The van der Waals surface area contributed by atoms with E-state index in [2.05, 4.69) is 23.3 Å². The van der Waals surface area contributed by atoms with Gasteiger partial charge in [-0.05, 0) is 83.6 Å². The van der Waals surface area contributed by atoms with Crippen LogP contribution >= 0.6 is 0 Å². The summed E-state index contributed by atoms with van der Waals surface area (Å²) in [6, 6.07) is 29.0. The predicted octanol–water partition coefficient (Wildman–Crippen LogP) is 14.8. The maximum Gasteiger partial charge on any atom is 0.387 e. The monoisotopic (exact) mass is 762 g/mol. The van der Waals surface area contributed by atoms with Crippen LogP contribution in [0.2, 0.25) is 0 Å². The molecule has 0 saturated carbocycles. The summed E-state index contributed by atoms with van der Waals surface area (Å²) in [4.78, 5) is 0. The number of benzene rings is 4. The first kappa shape index (κ1) is 44.7. The lowest BCUT2D eigenvalue weighted by atomic mass is 10.1. The number of rotatable bonds is 25. The summed E-state index contributed by atoms with van der Waals surface area (Å²) in [5, 5.41) is 0. The van der Waals surface area contributed by atoms with Gasteiger partial charge in [0.05, 0.1) is 13.2 Å². The zero-order chi connectivity index (χ0) is 39.4. The van der Waals surface area contributed by atoms with Crippen molar-refractivity contribution in [1.29, 1.82) is 0 Å². The van der Waals surface area contributed by atoms with Crippen molar-refractivity contribution >= 4 is 24.3 Å². The molecule has 0 atom stereocenters. The fraction of sp³-hybridized carbons (Fsp3) is 0.404. The highest BCUT2D eigenvalue weighted by atomic mass is 19.3. The molecule has 4 nitrogen and oxygen atoms in total. The van der Waals surface area contributed by atoms with Crippen molar-refractivity contribution in [2.24, 2.45) is 0 Å². The second-order valence-electron chi connectivity index (χ2n) is 13.3. The normalized spacial score (nSPS) is 11.3. The summed E-state index contributed by atoms with van der Waals surface area (Å²) < 4.78 is 68.8. The van der Waals surface area contributed by atoms with Gasteiger partial charge in [-0.25, -0.2) is 0 Å². The summed E-state index contributed by atoms with van der Waals surface area (Å²) in [5.74, 6) is 2.09. The SMILES string of the molecule is CCCCCCCCCOc1ccc(C=Cc2ccc(OC(F)F)cc2)cc1.CCCCCCCCOc1ccc(C=Cc2ccc(OC(F)F)cc2)cc1. The third-order valence-corrected chi connectivity index (χ3v) is 8.69. The summed E-state index contributed by atoms with van der Waals surface area (Å²) in [6.45, 7) is 0.384. The third-order valence-electron chi connectivity index (χ3n) is 8.69. The number of hydrogen-bond acceptors (Lipinski definition) is 4. The Hall–Kier alpha value is -4.72. The summed E-state index contributed by atoms with van der Waals surface area (Å²) >= 11 is 0. The maximum absolute atomic E-state index is 12.1. The molecular weight excluding hydrogens is 705 g/mol. The Kier molecular flexibility index (Phi) is 22.6. The Morgan fingerprint density at radius 3 is 0.891 bits per heavy atom. The van der Waals surface area contributed by atoms with E-state index in [1.165, 1.54) is 94.9 Å². The van der Waals surface area contributed by atoms with Gasteiger partial charge in [0, 0.05) is 0 Å². The van der Waals surface area contributed by atoms with Gasteiger partial charge in [-0.3, -0.25) is 0 Å². The fourth-order valence-electron chi connectivity index (χ4n) is 5.58. The van der Waals surface area contributed by atoms with Crippen molar-refractivity contribution < 1.29 is 36.5 Å². The van der Waals surface area contributed by atoms with Gasteiger partial charge in [0.2, 0.25) is 0 Å². The molecule has 0 amide bonds. The van der Waals surface area contributed by atoms with E-state index >= 15 is 0 Å². The molecule has 0 aromatic heterocycles. The Labute approximate surface area is 326 Å². The minimum absolute atomic E-state index is 0.161. The molecule has 8 heteroatoms. The molecule has 0 bridgehead atoms. The number of alkyl halides is 4. The minimum Gasteiger partial charge on any atom is -0.494 e. The smallest absolute Gasteiger partial charge is 0.387 e. The molecule has 0 aliphatic carbocycles. The van der Waals surface area contributed by atoms with E-state index in [1.807, 2.05) is 72.8 Å². The molecule has 0 saturated heterocycles. The van der Waals surface area contributed by atoms with Gasteiger partial charge in [0.1, 0.15) is 23.0 Å². The van der Waals surface area contributed by atoms with Gasteiger partial charge in [-0.1, -0.05) is 157 Å². The average molecular weight is 763 g/mol. The molecule has 55 heavy (non-hydrogen) atoms. The Balaban J connectivity index is 0.000000296. The highest BCUT2D eigenvalue weighted by Gasteiger charge is 2.04. The van der Waals surface area contributed by atoms with E-state index < -0.39 is 13.2 Å². The molecular formula is C47H58F4O4. The van der Waals surface area contributed by atoms with Gasteiger partial charge in [0.15, 0.2) is 0 Å². The van der Waals surface area contributed by atoms with Crippen molar-refractivity contribution in [2.75, 3.05) is 13.2 Å². The number of halogens is 4. The lowest BCUT2D eigenvalue weighted by Crippen LogP contribution is -2.01. The van der Waals surface area contributed by atoms with E-state index in [-0.39, 0.29) is 11.5 Å². The van der Waals surface area contributed by atoms with Gasteiger partial charge >= 0.3 is 13.2 Å². The highest BCUT2D eigenvalue weighted by Crippen LogP contribution is 2.20.